The maximum absolute atomic E-state index is 13.8. The third-order valence-electron chi connectivity index (χ3n) is 3.41. The molecule has 0 saturated carbocycles. The van der Waals surface area contributed by atoms with E-state index in [0.717, 1.165) is 5.69 Å². The van der Waals surface area contributed by atoms with Gasteiger partial charge in [-0.3, -0.25) is 10.1 Å². The first-order chi connectivity index (χ1) is 11.3. The lowest BCUT2D eigenvalue weighted by atomic mass is 9.93. The molecule has 0 aliphatic heterocycles. The van der Waals surface area contributed by atoms with Gasteiger partial charge in [0.05, 0.1) is 5.69 Å². The lowest BCUT2D eigenvalue weighted by Crippen LogP contribution is -2.15. The molecule has 0 saturated heterocycles. The molecule has 24 heavy (non-hydrogen) atoms. The Kier molecular flexibility index (Phi) is 4.19. The number of halogens is 1. The molecule has 3 aromatic rings. The average Bonchev–Trinajstić information content (AvgIpc) is 3.16. The van der Waals surface area contributed by atoms with E-state index in [-0.39, 0.29) is 17.0 Å². The van der Waals surface area contributed by atoms with Crippen LogP contribution in [0.5, 0.6) is 0 Å². The van der Waals surface area contributed by atoms with E-state index in [2.05, 4.69) is 36.2 Å². The van der Waals surface area contributed by atoms with Gasteiger partial charge in [0.25, 0.3) is 5.91 Å². The van der Waals surface area contributed by atoms with Crippen molar-refractivity contribution in [1.29, 1.82) is 0 Å². The number of thiazole rings is 1. The molecule has 124 valence electrons. The number of aromatic nitrogens is 3. The second kappa shape index (κ2) is 6.16. The summed E-state index contributed by atoms with van der Waals surface area (Å²) in [5, 5.41) is 9.31. The Morgan fingerprint density at radius 1 is 1.25 bits per heavy atom. The van der Waals surface area contributed by atoms with Crippen LogP contribution in [-0.2, 0) is 5.41 Å². The highest BCUT2D eigenvalue weighted by atomic mass is 32.1. The van der Waals surface area contributed by atoms with Crippen molar-refractivity contribution in [1.82, 2.24) is 14.8 Å². The van der Waals surface area contributed by atoms with Crippen molar-refractivity contribution in [3.05, 3.63) is 59.1 Å². The number of hydrogen-bond donors (Lipinski definition) is 1. The van der Waals surface area contributed by atoms with Crippen molar-refractivity contribution in [2.45, 2.75) is 26.2 Å². The minimum absolute atomic E-state index is 0.0775. The number of hydrogen-bond acceptors (Lipinski definition) is 4. The highest BCUT2D eigenvalue weighted by Crippen LogP contribution is 2.26. The number of carbonyl (C=O) groups excluding carboxylic acids is 1. The molecule has 2 aromatic heterocycles. The number of nitrogens with zero attached hydrogens (tertiary/aromatic N) is 3. The molecule has 0 radical (unpaired) electrons. The summed E-state index contributed by atoms with van der Waals surface area (Å²) >= 11 is 1.37. The number of rotatable bonds is 3. The van der Waals surface area contributed by atoms with Crippen molar-refractivity contribution in [3.8, 4) is 5.69 Å². The second-order valence-electron chi connectivity index (χ2n) is 6.34. The van der Waals surface area contributed by atoms with Gasteiger partial charge in [-0.05, 0) is 18.2 Å². The van der Waals surface area contributed by atoms with Crippen LogP contribution in [0.25, 0.3) is 5.69 Å². The minimum Gasteiger partial charge on any atom is -0.296 e. The molecule has 0 aliphatic rings. The Labute approximate surface area is 143 Å². The van der Waals surface area contributed by atoms with E-state index < -0.39 is 5.82 Å². The van der Waals surface area contributed by atoms with Crippen LogP contribution < -0.4 is 5.32 Å². The van der Waals surface area contributed by atoms with E-state index in [1.807, 2.05) is 5.38 Å². The zero-order valence-corrected chi connectivity index (χ0v) is 14.4. The van der Waals surface area contributed by atoms with Gasteiger partial charge in [-0.25, -0.2) is 14.1 Å². The first-order valence-electron chi connectivity index (χ1n) is 7.42. The molecule has 0 spiro atoms. The van der Waals surface area contributed by atoms with Gasteiger partial charge in [0.2, 0.25) is 0 Å². The molecule has 3 rings (SSSR count). The Morgan fingerprint density at radius 3 is 2.67 bits per heavy atom. The Balaban J connectivity index is 1.77. The smallest absolute Gasteiger partial charge is 0.277 e. The van der Waals surface area contributed by atoms with Gasteiger partial charge in [-0.1, -0.05) is 32.9 Å². The quantitative estimate of drug-likeness (QED) is 0.781. The maximum Gasteiger partial charge on any atom is 0.277 e. The summed E-state index contributed by atoms with van der Waals surface area (Å²) in [4.78, 5) is 16.7. The fraction of sp³-hybridized carbons (Fsp3) is 0.235. The van der Waals surface area contributed by atoms with Crippen LogP contribution >= 0.6 is 11.3 Å². The third kappa shape index (κ3) is 3.35. The van der Waals surface area contributed by atoms with E-state index in [1.54, 1.807) is 30.5 Å². The lowest BCUT2D eigenvalue weighted by Gasteiger charge is -2.14. The largest absolute Gasteiger partial charge is 0.296 e. The molecular weight excluding hydrogens is 327 g/mol. The van der Waals surface area contributed by atoms with Gasteiger partial charge in [-0.15, -0.1) is 11.3 Å². The molecule has 5 nitrogen and oxygen atoms in total. The Morgan fingerprint density at radius 2 is 2.00 bits per heavy atom. The molecule has 2 heterocycles. The molecule has 0 fully saturated rings. The number of benzene rings is 1. The normalized spacial score (nSPS) is 11.5. The summed E-state index contributed by atoms with van der Waals surface area (Å²) in [5.74, 6) is -0.776. The van der Waals surface area contributed by atoms with Gasteiger partial charge in [0, 0.05) is 17.0 Å². The van der Waals surface area contributed by atoms with Crippen LogP contribution in [0.1, 0.15) is 37.0 Å². The molecule has 1 aromatic carbocycles. The number of nitrogens with one attached hydrogen (secondary N) is 1. The Hall–Kier alpha value is -2.54. The van der Waals surface area contributed by atoms with Crippen molar-refractivity contribution in [3.63, 3.8) is 0 Å². The van der Waals surface area contributed by atoms with E-state index in [9.17, 15) is 9.18 Å². The van der Waals surface area contributed by atoms with E-state index in [4.69, 9.17) is 0 Å². The summed E-state index contributed by atoms with van der Waals surface area (Å²) in [6, 6.07) is 7.80. The first-order valence-corrected chi connectivity index (χ1v) is 8.30. The number of amides is 1. The first kappa shape index (κ1) is 16.3. The second-order valence-corrected chi connectivity index (χ2v) is 7.20. The lowest BCUT2D eigenvalue weighted by molar-refractivity contribution is 0.102. The predicted molar refractivity (Wildman–Crippen MR) is 92.3 cm³/mol. The van der Waals surface area contributed by atoms with Crippen molar-refractivity contribution in [2.24, 2.45) is 0 Å². The molecule has 1 N–H and O–H groups in total. The van der Waals surface area contributed by atoms with Gasteiger partial charge in [0.15, 0.2) is 10.8 Å². The van der Waals surface area contributed by atoms with Crippen LogP contribution in [0.4, 0.5) is 9.52 Å². The number of para-hydroxylation sites is 1. The van der Waals surface area contributed by atoms with Crippen LogP contribution in [0, 0.1) is 5.82 Å². The van der Waals surface area contributed by atoms with Crippen molar-refractivity contribution in [2.75, 3.05) is 5.32 Å². The van der Waals surface area contributed by atoms with Crippen molar-refractivity contribution < 1.29 is 9.18 Å². The van der Waals surface area contributed by atoms with Crippen molar-refractivity contribution >= 4 is 22.4 Å². The SMILES string of the molecule is CC(C)(C)c1csc(NC(=O)c2ccn(-c3ccccc3F)n2)n1. The van der Waals surface area contributed by atoms with Gasteiger partial charge in [0.1, 0.15) is 11.5 Å². The highest BCUT2D eigenvalue weighted by molar-refractivity contribution is 7.14. The number of carbonyl (C=O) groups is 1. The fourth-order valence-electron chi connectivity index (χ4n) is 2.05. The predicted octanol–water partition coefficient (Wildman–Crippen LogP) is 4.02. The van der Waals surface area contributed by atoms with Crippen LogP contribution in [0.15, 0.2) is 41.9 Å². The standard InChI is InChI=1S/C17H17FN4OS/c1-17(2,3)14-10-24-16(19-14)20-15(23)12-8-9-22(21-12)13-7-5-4-6-11(13)18/h4-10H,1-3H3,(H,19,20,23). The van der Waals surface area contributed by atoms with Gasteiger partial charge in [-0.2, -0.15) is 5.10 Å². The van der Waals surface area contributed by atoms with E-state index in [1.165, 1.54) is 22.1 Å². The molecule has 0 aliphatic carbocycles. The minimum atomic E-state index is -0.401. The molecule has 1 amide bonds. The van der Waals surface area contributed by atoms with Gasteiger partial charge >= 0.3 is 0 Å². The topological polar surface area (TPSA) is 59.8 Å². The highest BCUT2D eigenvalue weighted by Gasteiger charge is 2.19. The summed E-state index contributed by atoms with van der Waals surface area (Å²) in [6.45, 7) is 6.18. The van der Waals surface area contributed by atoms with Crippen LogP contribution in [0.3, 0.4) is 0 Å². The van der Waals surface area contributed by atoms with E-state index >= 15 is 0 Å². The maximum atomic E-state index is 13.8. The third-order valence-corrected chi connectivity index (χ3v) is 4.17. The molecular formula is C17H17FN4OS. The van der Waals surface area contributed by atoms with Crippen LogP contribution in [0.2, 0.25) is 0 Å². The summed E-state index contributed by atoms with van der Waals surface area (Å²) < 4.78 is 15.1. The molecule has 0 unspecified atom stereocenters. The molecule has 7 heteroatoms. The summed E-state index contributed by atoms with van der Waals surface area (Å²) in [7, 11) is 0. The number of anilines is 1. The Bertz CT molecular complexity index is 879. The fourth-order valence-corrected chi connectivity index (χ4v) is 2.99. The summed E-state index contributed by atoms with van der Waals surface area (Å²) in [6.07, 6.45) is 1.55. The zero-order valence-electron chi connectivity index (χ0n) is 13.6. The monoisotopic (exact) mass is 344 g/mol. The zero-order chi connectivity index (χ0) is 17.3. The van der Waals surface area contributed by atoms with Crippen LogP contribution in [-0.4, -0.2) is 20.7 Å². The molecule has 0 bridgehead atoms. The van der Waals surface area contributed by atoms with Gasteiger partial charge < -0.3 is 0 Å². The molecule has 0 atom stereocenters. The summed E-state index contributed by atoms with van der Waals surface area (Å²) in [5.41, 5.74) is 1.33. The van der Waals surface area contributed by atoms with E-state index in [0.29, 0.717) is 10.8 Å². The average molecular weight is 344 g/mol.